The topological polar surface area (TPSA) is 87.2 Å². The number of Topliss-reactive ketones (excluding diaryl/α,β-unsaturated/α-hetero) is 1. The van der Waals surface area contributed by atoms with Crippen molar-refractivity contribution in [2.75, 3.05) is 31.1 Å². The van der Waals surface area contributed by atoms with Crippen LogP contribution in [0.4, 0.5) is 10.5 Å². The third-order valence-electron chi connectivity index (χ3n) is 6.08. The number of carbonyl (C=O) groups excluding carboxylic acids is 3. The molecule has 3 fully saturated rings. The third kappa shape index (κ3) is 3.20. The van der Waals surface area contributed by atoms with Gasteiger partial charge in [0.2, 0.25) is 5.91 Å². The number of aliphatic hydroxyl groups excluding tert-OH is 1. The molecule has 1 N–H and O–H groups in total. The molecule has 0 spiro atoms. The molecule has 27 heavy (non-hydrogen) atoms. The monoisotopic (exact) mass is 372 g/mol. The molecule has 7 heteroatoms. The smallest absolute Gasteiger partial charge is 0.414 e. The summed E-state index contributed by atoms with van der Waals surface area (Å²) in [5, 5.41) is 9.06. The van der Waals surface area contributed by atoms with E-state index in [-0.39, 0.29) is 29.3 Å². The van der Waals surface area contributed by atoms with Crippen LogP contribution in [0.2, 0.25) is 0 Å². The van der Waals surface area contributed by atoms with Crippen molar-refractivity contribution < 1.29 is 24.2 Å². The summed E-state index contributed by atoms with van der Waals surface area (Å²) in [6.45, 7) is 2.91. The van der Waals surface area contributed by atoms with Gasteiger partial charge >= 0.3 is 6.09 Å². The number of hydrogen-bond acceptors (Lipinski definition) is 5. The molecule has 2 amide bonds. The summed E-state index contributed by atoms with van der Waals surface area (Å²) in [6.07, 6.45) is 1.40. The van der Waals surface area contributed by atoms with Crippen LogP contribution in [0.5, 0.6) is 0 Å². The van der Waals surface area contributed by atoms with Crippen molar-refractivity contribution in [2.45, 2.75) is 37.7 Å². The second kappa shape index (κ2) is 6.64. The Labute approximate surface area is 157 Å². The predicted molar refractivity (Wildman–Crippen MR) is 97.4 cm³/mol. The van der Waals surface area contributed by atoms with Crippen LogP contribution in [-0.4, -0.2) is 60.1 Å². The van der Waals surface area contributed by atoms with Crippen molar-refractivity contribution in [3.8, 4) is 0 Å². The van der Waals surface area contributed by atoms with Crippen molar-refractivity contribution in [3.63, 3.8) is 0 Å². The first kappa shape index (κ1) is 18.0. The summed E-state index contributed by atoms with van der Waals surface area (Å²) in [5.74, 6) is 0.332. The Morgan fingerprint density at radius 3 is 2.67 bits per heavy atom. The maximum Gasteiger partial charge on any atom is 0.414 e. The summed E-state index contributed by atoms with van der Waals surface area (Å²) in [4.78, 5) is 38.3. The van der Waals surface area contributed by atoms with Crippen molar-refractivity contribution in [2.24, 2.45) is 5.92 Å². The molecule has 7 nitrogen and oxygen atoms in total. The molecule has 2 saturated heterocycles. The van der Waals surface area contributed by atoms with Gasteiger partial charge in [-0.1, -0.05) is 12.1 Å². The first-order chi connectivity index (χ1) is 12.9. The van der Waals surface area contributed by atoms with E-state index in [4.69, 9.17) is 9.84 Å². The van der Waals surface area contributed by atoms with Gasteiger partial charge in [-0.2, -0.15) is 0 Å². The summed E-state index contributed by atoms with van der Waals surface area (Å²) in [5.41, 5.74) is 1.95. The van der Waals surface area contributed by atoms with E-state index in [1.54, 1.807) is 9.80 Å². The average molecular weight is 372 g/mol. The minimum atomic E-state index is -0.441. The van der Waals surface area contributed by atoms with Crippen LogP contribution in [0.1, 0.15) is 31.7 Å². The SMILES string of the molecule is CC(=O)CC[C@H]1CN(c2ccc([C@@]34C[C@@H]3CN(C(=O)CO)C4)cc2)C(=O)O1. The zero-order valence-corrected chi connectivity index (χ0v) is 15.4. The lowest BCUT2D eigenvalue weighted by molar-refractivity contribution is -0.133. The molecular formula is C20H24N2O5. The van der Waals surface area contributed by atoms with Gasteiger partial charge in [0.1, 0.15) is 18.5 Å². The van der Waals surface area contributed by atoms with Gasteiger partial charge in [0.15, 0.2) is 0 Å². The normalized spacial score (nSPS) is 28.9. The largest absolute Gasteiger partial charge is 0.444 e. The standard InChI is InChI=1S/C20H24N2O5/c1-13(24)2-7-17-10-22(19(26)27-17)16-5-3-14(4-6-16)20-8-15(20)9-21(12-20)18(25)11-23/h3-6,15,17,23H,2,7-12H2,1H3/t15-,17+,20+/m1/s1. The molecule has 0 unspecified atom stereocenters. The fraction of sp³-hybridized carbons (Fsp3) is 0.550. The number of amides is 2. The predicted octanol–water partition coefficient (Wildman–Crippen LogP) is 1.47. The number of anilines is 1. The number of fused-ring (bicyclic) bond motifs is 1. The van der Waals surface area contributed by atoms with Crippen LogP contribution in [-0.2, 0) is 19.7 Å². The first-order valence-corrected chi connectivity index (χ1v) is 9.40. The van der Waals surface area contributed by atoms with E-state index in [0.29, 0.717) is 38.4 Å². The van der Waals surface area contributed by atoms with E-state index in [1.165, 1.54) is 12.5 Å². The van der Waals surface area contributed by atoms with E-state index >= 15 is 0 Å². The quantitative estimate of drug-likeness (QED) is 0.817. The summed E-state index contributed by atoms with van der Waals surface area (Å²) in [6, 6.07) is 7.89. The van der Waals surface area contributed by atoms with Crippen LogP contribution < -0.4 is 4.90 Å². The molecule has 1 aromatic carbocycles. The van der Waals surface area contributed by atoms with E-state index in [2.05, 4.69) is 0 Å². The van der Waals surface area contributed by atoms with Crippen molar-refractivity contribution in [1.82, 2.24) is 4.90 Å². The summed E-state index contributed by atoms with van der Waals surface area (Å²) in [7, 11) is 0. The van der Waals surface area contributed by atoms with Gasteiger partial charge in [0, 0.05) is 30.6 Å². The van der Waals surface area contributed by atoms with Gasteiger partial charge in [0.25, 0.3) is 0 Å². The Morgan fingerprint density at radius 1 is 1.26 bits per heavy atom. The lowest BCUT2D eigenvalue weighted by atomic mass is 9.94. The van der Waals surface area contributed by atoms with Gasteiger partial charge in [0.05, 0.1) is 6.54 Å². The van der Waals surface area contributed by atoms with Crippen molar-refractivity contribution in [3.05, 3.63) is 29.8 Å². The van der Waals surface area contributed by atoms with Crippen LogP contribution >= 0.6 is 0 Å². The van der Waals surface area contributed by atoms with Crippen LogP contribution in [0.15, 0.2) is 24.3 Å². The molecule has 0 radical (unpaired) electrons. The maximum atomic E-state index is 12.1. The second-order valence-electron chi connectivity index (χ2n) is 7.89. The highest BCUT2D eigenvalue weighted by molar-refractivity contribution is 5.89. The number of likely N-dealkylation sites (tertiary alicyclic amines) is 1. The minimum Gasteiger partial charge on any atom is -0.444 e. The Bertz CT molecular complexity index is 777. The van der Waals surface area contributed by atoms with Crippen molar-refractivity contribution in [1.29, 1.82) is 0 Å². The zero-order chi connectivity index (χ0) is 19.2. The van der Waals surface area contributed by atoms with Gasteiger partial charge in [-0.05, 0) is 43.4 Å². The van der Waals surface area contributed by atoms with Crippen LogP contribution in [0, 0.1) is 5.92 Å². The van der Waals surface area contributed by atoms with Crippen LogP contribution in [0.25, 0.3) is 0 Å². The molecule has 2 aliphatic heterocycles. The maximum absolute atomic E-state index is 12.1. The number of carbonyl (C=O) groups is 3. The second-order valence-corrected chi connectivity index (χ2v) is 7.89. The Balaban J connectivity index is 1.42. The molecule has 1 aliphatic carbocycles. The number of cyclic esters (lactones) is 1. The van der Waals surface area contributed by atoms with Gasteiger partial charge < -0.3 is 19.5 Å². The molecular weight excluding hydrogens is 348 g/mol. The van der Waals surface area contributed by atoms with Crippen molar-refractivity contribution >= 4 is 23.5 Å². The van der Waals surface area contributed by atoms with E-state index in [9.17, 15) is 14.4 Å². The highest BCUT2D eigenvalue weighted by Crippen LogP contribution is 2.59. The lowest BCUT2D eigenvalue weighted by Gasteiger charge is -2.21. The average Bonchev–Trinajstić information content (AvgIpc) is 3.03. The minimum absolute atomic E-state index is 0.00109. The molecule has 0 bridgehead atoms. The van der Waals surface area contributed by atoms with Gasteiger partial charge in [-0.25, -0.2) is 4.79 Å². The highest BCUT2D eigenvalue weighted by Gasteiger charge is 2.61. The number of hydrogen-bond donors (Lipinski definition) is 1. The zero-order valence-electron chi connectivity index (χ0n) is 15.4. The number of benzene rings is 1. The molecule has 0 aromatic heterocycles. The number of nitrogens with zero attached hydrogens (tertiary/aromatic N) is 2. The number of ketones is 1. The Hall–Kier alpha value is -2.41. The number of aliphatic hydroxyl groups is 1. The number of rotatable bonds is 6. The summed E-state index contributed by atoms with van der Waals surface area (Å²) >= 11 is 0. The molecule has 1 saturated carbocycles. The molecule has 3 aliphatic rings. The Morgan fingerprint density at radius 2 is 2.00 bits per heavy atom. The van der Waals surface area contributed by atoms with Gasteiger partial charge in [-0.3, -0.25) is 9.69 Å². The third-order valence-corrected chi connectivity index (χ3v) is 6.08. The fourth-order valence-electron chi connectivity index (χ4n) is 4.44. The van der Waals surface area contributed by atoms with E-state index in [1.807, 2.05) is 24.3 Å². The van der Waals surface area contributed by atoms with Crippen LogP contribution in [0.3, 0.4) is 0 Å². The number of ether oxygens (including phenoxy) is 1. The fourth-order valence-corrected chi connectivity index (χ4v) is 4.44. The molecule has 2 heterocycles. The first-order valence-electron chi connectivity index (χ1n) is 9.40. The Kier molecular flexibility index (Phi) is 4.42. The molecule has 4 rings (SSSR count). The highest BCUT2D eigenvalue weighted by atomic mass is 16.6. The molecule has 1 aromatic rings. The molecule has 144 valence electrons. The molecule has 3 atom stereocenters. The van der Waals surface area contributed by atoms with E-state index < -0.39 is 6.61 Å². The lowest BCUT2D eigenvalue weighted by Crippen LogP contribution is -2.34. The van der Waals surface area contributed by atoms with Gasteiger partial charge in [-0.15, -0.1) is 0 Å². The summed E-state index contributed by atoms with van der Waals surface area (Å²) < 4.78 is 5.36. The van der Waals surface area contributed by atoms with E-state index in [0.717, 1.165) is 12.1 Å². The number of piperidine rings is 1.